The maximum Gasteiger partial charge on any atom is 0.291 e. The van der Waals surface area contributed by atoms with Crippen molar-refractivity contribution in [1.82, 2.24) is 24.1 Å². The molecule has 13 heteroatoms. The second-order valence-electron chi connectivity index (χ2n) is 13.2. The van der Waals surface area contributed by atoms with Gasteiger partial charge in [-0.2, -0.15) is 5.10 Å². The number of pyridine rings is 1. The molecule has 1 aromatic carbocycles. The van der Waals surface area contributed by atoms with E-state index in [2.05, 4.69) is 15.3 Å². The van der Waals surface area contributed by atoms with Crippen LogP contribution < -0.4 is 21.3 Å². The number of hydrogen-bond donors (Lipinski definition) is 1. The Bertz CT molecular complexity index is 1760. The fraction of sp³-hybridized carbons (Fsp3) is 0.588. The molecule has 10 nitrogen and oxygen atoms in total. The van der Waals surface area contributed by atoms with E-state index >= 15 is 13.2 Å². The number of amides is 1. The van der Waals surface area contributed by atoms with Crippen LogP contribution in [0.1, 0.15) is 69.5 Å². The van der Waals surface area contributed by atoms with E-state index in [9.17, 15) is 14.4 Å². The summed E-state index contributed by atoms with van der Waals surface area (Å²) in [4.78, 5) is 45.6. The Morgan fingerprint density at radius 2 is 1.62 bits per heavy atom. The van der Waals surface area contributed by atoms with Crippen LogP contribution in [0, 0.1) is 11.7 Å². The van der Waals surface area contributed by atoms with Gasteiger partial charge in [-0.05, 0) is 58.3 Å². The quantitative estimate of drug-likeness (QED) is 0.414. The number of benzene rings is 1. The second-order valence-corrected chi connectivity index (χ2v) is 13.2. The fourth-order valence-corrected chi connectivity index (χ4v) is 7.40. The highest BCUT2D eigenvalue weighted by molar-refractivity contribution is 5.91. The molecule has 7 rings (SSSR count). The number of rotatable bonds is 1. The van der Waals surface area contributed by atoms with Gasteiger partial charge in [0.1, 0.15) is 17.0 Å². The topological polar surface area (TPSA) is 95.7 Å². The maximum atomic E-state index is 16.1. The first kappa shape index (κ1) is 33.0. The summed E-state index contributed by atoms with van der Waals surface area (Å²) >= 11 is 0. The van der Waals surface area contributed by atoms with Crippen LogP contribution in [-0.4, -0.2) is 75.9 Å². The van der Waals surface area contributed by atoms with E-state index in [4.69, 9.17) is 0 Å². The molecule has 2 saturated heterocycles. The number of alkyl halides is 2. The summed E-state index contributed by atoms with van der Waals surface area (Å²) in [6, 6.07) is 4.99. The van der Waals surface area contributed by atoms with Gasteiger partial charge in [-0.15, -0.1) is 0 Å². The third-order valence-electron chi connectivity index (χ3n) is 10.3. The Balaban J connectivity index is 1.46. The number of aromatic nitrogens is 3. The van der Waals surface area contributed by atoms with Crippen LogP contribution in [0.3, 0.4) is 0 Å². The molecule has 0 unspecified atom stereocenters. The van der Waals surface area contributed by atoms with Crippen LogP contribution in [-0.2, 0) is 24.3 Å². The number of piperazine rings is 1. The van der Waals surface area contributed by atoms with Crippen LogP contribution in [0.25, 0.3) is 10.9 Å². The maximum absolute atomic E-state index is 16.1. The molecule has 0 aliphatic carbocycles. The molecule has 0 saturated carbocycles. The number of aryl methyl sites for hydroxylation is 2. The molecule has 0 radical (unpaired) electrons. The van der Waals surface area contributed by atoms with Gasteiger partial charge in [0, 0.05) is 58.2 Å². The van der Waals surface area contributed by atoms with Gasteiger partial charge in [0.05, 0.1) is 17.0 Å². The van der Waals surface area contributed by atoms with E-state index < -0.39 is 34.8 Å². The molecule has 254 valence electrons. The van der Waals surface area contributed by atoms with Gasteiger partial charge in [-0.3, -0.25) is 14.4 Å². The molecule has 1 atom stereocenters. The lowest BCUT2D eigenvalue weighted by Gasteiger charge is -2.36. The average molecular weight is 656 g/mol. The highest BCUT2D eigenvalue weighted by Crippen LogP contribution is 2.44. The summed E-state index contributed by atoms with van der Waals surface area (Å²) in [6.07, 6.45) is 3.91. The SMILES string of the molecule is CC(=O)N1CCN(c2cc3c4nn(C)c(=O)c3n(c2=O)CCCCCCN2CCC(CC2)C(F)(F)c2cccc(c2F)[C@@H](C)N4)CC1. The molecule has 4 aliphatic heterocycles. The van der Waals surface area contributed by atoms with Gasteiger partial charge in [-0.1, -0.05) is 31.0 Å². The average Bonchev–Trinajstić information content (AvgIpc) is 3.05. The first-order chi connectivity index (χ1) is 22.5. The molecule has 6 heterocycles. The Morgan fingerprint density at radius 1 is 0.936 bits per heavy atom. The van der Waals surface area contributed by atoms with Gasteiger partial charge in [-0.25, -0.2) is 17.9 Å². The van der Waals surface area contributed by atoms with E-state index in [1.54, 1.807) is 17.9 Å². The summed E-state index contributed by atoms with van der Waals surface area (Å²) in [5.41, 5.74) is -0.691. The van der Waals surface area contributed by atoms with Crippen LogP contribution in [0.5, 0.6) is 0 Å². The Morgan fingerprint density at radius 3 is 2.30 bits per heavy atom. The van der Waals surface area contributed by atoms with Crippen molar-refractivity contribution in [3.05, 3.63) is 61.9 Å². The van der Waals surface area contributed by atoms with Crippen molar-refractivity contribution in [1.29, 1.82) is 0 Å². The number of fused-ring (bicyclic) bond motifs is 8. The predicted octanol–water partition coefficient (Wildman–Crippen LogP) is 4.45. The minimum Gasteiger partial charge on any atom is -0.364 e. The molecule has 0 spiro atoms. The van der Waals surface area contributed by atoms with Gasteiger partial charge < -0.3 is 24.6 Å². The van der Waals surface area contributed by atoms with Crippen molar-refractivity contribution in [2.45, 2.75) is 70.9 Å². The van der Waals surface area contributed by atoms with Crippen molar-refractivity contribution in [3.8, 4) is 0 Å². The molecule has 1 N–H and O–H groups in total. The number of carbonyl (C=O) groups is 1. The summed E-state index contributed by atoms with van der Waals surface area (Å²) in [7, 11) is 1.49. The van der Waals surface area contributed by atoms with Gasteiger partial charge in [0.25, 0.3) is 17.0 Å². The molecule has 3 aromatic rings. The smallest absolute Gasteiger partial charge is 0.291 e. The summed E-state index contributed by atoms with van der Waals surface area (Å²) < 4.78 is 50.6. The van der Waals surface area contributed by atoms with Crippen molar-refractivity contribution < 1.29 is 18.0 Å². The van der Waals surface area contributed by atoms with Crippen molar-refractivity contribution >= 4 is 28.3 Å². The number of nitrogens with zero attached hydrogens (tertiary/aromatic N) is 6. The molecular formula is C34H44F3N7O3. The largest absolute Gasteiger partial charge is 0.364 e. The first-order valence-corrected chi connectivity index (χ1v) is 16.8. The molecule has 2 aromatic heterocycles. The lowest BCUT2D eigenvalue weighted by molar-refractivity contribution is -0.129. The third kappa shape index (κ3) is 6.38. The zero-order valence-electron chi connectivity index (χ0n) is 27.4. The molecule has 1 amide bonds. The van der Waals surface area contributed by atoms with Crippen LogP contribution in [0.4, 0.5) is 24.7 Å². The summed E-state index contributed by atoms with van der Waals surface area (Å²) in [6.45, 7) is 7.22. The highest BCUT2D eigenvalue weighted by Gasteiger charge is 2.45. The van der Waals surface area contributed by atoms with Crippen LogP contribution >= 0.6 is 0 Å². The van der Waals surface area contributed by atoms with Crippen molar-refractivity contribution in [2.75, 3.05) is 56.0 Å². The number of anilines is 2. The predicted molar refractivity (Wildman–Crippen MR) is 176 cm³/mol. The normalized spacial score (nSPS) is 23.9. The molecule has 8 bridgehead atoms. The number of carbonyl (C=O) groups excluding carboxylic acids is 1. The minimum atomic E-state index is -3.33. The lowest BCUT2D eigenvalue weighted by Crippen LogP contribution is -2.49. The van der Waals surface area contributed by atoms with E-state index in [0.717, 1.165) is 30.5 Å². The number of piperidine rings is 1. The standard InChI is InChI=1S/C34H44F3N7O3/c1-22-25-9-8-10-27(29(25)35)34(36,37)24-11-15-41(16-12-24)13-6-4-5-7-14-44-30-26(31(38-22)39-40(3)33(30)47)21-28(32(44)46)43-19-17-42(18-20-43)23(2)45/h8-10,21-22,24H,4-7,11-20H2,1-3H3,(H,38,39)/t22-/m1/s1. The lowest BCUT2D eigenvalue weighted by atomic mass is 9.85. The van der Waals surface area contributed by atoms with E-state index in [0.29, 0.717) is 76.1 Å². The van der Waals surface area contributed by atoms with Gasteiger partial charge in [0.15, 0.2) is 5.82 Å². The van der Waals surface area contributed by atoms with Crippen LogP contribution in [0.2, 0.25) is 0 Å². The molecule has 2 fully saturated rings. The second kappa shape index (κ2) is 13.3. The first-order valence-electron chi connectivity index (χ1n) is 16.8. The van der Waals surface area contributed by atoms with E-state index in [-0.39, 0.29) is 28.4 Å². The number of hydrogen-bond acceptors (Lipinski definition) is 7. The Hall–Kier alpha value is -3.87. The molecule has 47 heavy (non-hydrogen) atoms. The third-order valence-corrected chi connectivity index (χ3v) is 10.3. The Labute approximate surface area is 272 Å². The highest BCUT2D eigenvalue weighted by atomic mass is 19.3. The number of nitrogens with one attached hydrogen (secondary N) is 1. The van der Waals surface area contributed by atoms with Gasteiger partial charge >= 0.3 is 0 Å². The molecule has 4 aliphatic rings. The van der Waals surface area contributed by atoms with E-state index in [1.807, 2.05) is 4.90 Å². The Kier molecular flexibility index (Phi) is 9.37. The minimum absolute atomic E-state index is 0.0292. The zero-order chi connectivity index (χ0) is 33.5. The summed E-state index contributed by atoms with van der Waals surface area (Å²) in [5.74, 6) is -5.02. The van der Waals surface area contributed by atoms with Crippen molar-refractivity contribution in [2.24, 2.45) is 13.0 Å². The monoisotopic (exact) mass is 655 g/mol. The van der Waals surface area contributed by atoms with Gasteiger partial charge in [0.2, 0.25) is 5.91 Å². The van der Waals surface area contributed by atoms with Crippen molar-refractivity contribution in [3.63, 3.8) is 0 Å². The van der Waals surface area contributed by atoms with Crippen LogP contribution in [0.15, 0.2) is 33.9 Å². The number of halogens is 3. The van der Waals surface area contributed by atoms with E-state index in [1.165, 1.54) is 36.7 Å². The zero-order valence-corrected chi connectivity index (χ0v) is 27.4. The molecular weight excluding hydrogens is 611 g/mol. The fourth-order valence-electron chi connectivity index (χ4n) is 7.40. The summed E-state index contributed by atoms with van der Waals surface area (Å²) in [5, 5.41) is 8.07.